The molecule has 2 N–H and O–H groups in total. The second-order valence-electron chi connectivity index (χ2n) is 10.7. The lowest BCUT2D eigenvalue weighted by molar-refractivity contribution is -0.141. The summed E-state index contributed by atoms with van der Waals surface area (Å²) < 4.78 is 1.78. The van der Waals surface area contributed by atoms with Gasteiger partial charge in [-0.2, -0.15) is 0 Å². The van der Waals surface area contributed by atoms with Crippen molar-refractivity contribution >= 4 is 17.5 Å². The highest BCUT2D eigenvalue weighted by Crippen LogP contribution is 2.39. The van der Waals surface area contributed by atoms with E-state index in [-0.39, 0.29) is 11.3 Å². The molecule has 0 saturated heterocycles. The number of carboxylic acids is 1. The summed E-state index contributed by atoms with van der Waals surface area (Å²) in [7, 11) is 0. The topological polar surface area (TPSA) is 83.7 Å². The summed E-state index contributed by atoms with van der Waals surface area (Å²) in [6, 6.07) is 23.9. The van der Waals surface area contributed by atoms with Gasteiger partial charge in [-0.15, -0.1) is 0 Å². The SMILES string of the molecule is Cc1ccc(C2(CNC(=O)c3cccc4nc(CC(Cc5ccccc5)C(=O)O)cn34)CCCCC2)cc1. The van der Waals surface area contributed by atoms with Crippen LogP contribution < -0.4 is 5.32 Å². The summed E-state index contributed by atoms with van der Waals surface area (Å²) in [5.41, 5.74) is 5.27. The van der Waals surface area contributed by atoms with Crippen LogP contribution in [-0.4, -0.2) is 32.9 Å². The van der Waals surface area contributed by atoms with Crippen molar-refractivity contribution in [2.45, 2.75) is 57.3 Å². The molecule has 1 atom stereocenters. The first-order valence-electron chi connectivity index (χ1n) is 13.5. The van der Waals surface area contributed by atoms with Gasteiger partial charge in [0.2, 0.25) is 0 Å². The number of aryl methyl sites for hydroxylation is 1. The fourth-order valence-electron chi connectivity index (χ4n) is 5.79. The number of hydrogen-bond donors (Lipinski definition) is 2. The maximum atomic E-state index is 13.5. The summed E-state index contributed by atoms with van der Waals surface area (Å²) in [6.45, 7) is 2.68. The van der Waals surface area contributed by atoms with Gasteiger partial charge in [-0.3, -0.25) is 14.0 Å². The van der Waals surface area contributed by atoms with Crippen LogP contribution in [0.15, 0.2) is 79.0 Å². The third-order valence-electron chi connectivity index (χ3n) is 7.97. The van der Waals surface area contributed by atoms with Gasteiger partial charge in [0.05, 0.1) is 11.6 Å². The highest BCUT2D eigenvalue weighted by molar-refractivity contribution is 5.93. The van der Waals surface area contributed by atoms with Gasteiger partial charge in [0.15, 0.2) is 0 Å². The minimum absolute atomic E-state index is 0.0538. The number of nitrogens with one attached hydrogen (secondary N) is 1. The van der Waals surface area contributed by atoms with E-state index in [4.69, 9.17) is 0 Å². The largest absolute Gasteiger partial charge is 0.481 e. The number of pyridine rings is 1. The van der Waals surface area contributed by atoms with E-state index in [1.54, 1.807) is 10.5 Å². The lowest BCUT2D eigenvalue weighted by atomic mass is 9.69. The van der Waals surface area contributed by atoms with Crippen LogP contribution in [-0.2, 0) is 23.1 Å². The molecule has 1 aliphatic carbocycles. The minimum atomic E-state index is -0.849. The van der Waals surface area contributed by atoms with Crippen LogP contribution in [0.4, 0.5) is 0 Å². The van der Waals surface area contributed by atoms with Gasteiger partial charge >= 0.3 is 5.97 Å². The zero-order valence-electron chi connectivity index (χ0n) is 21.9. The molecule has 1 aliphatic rings. The van der Waals surface area contributed by atoms with Crippen molar-refractivity contribution in [2.24, 2.45) is 5.92 Å². The number of aromatic nitrogens is 2. The molecule has 2 aromatic heterocycles. The number of benzene rings is 2. The summed E-state index contributed by atoms with van der Waals surface area (Å²) >= 11 is 0. The van der Waals surface area contributed by atoms with Crippen molar-refractivity contribution in [3.05, 3.63) is 107 Å². The molecule has 4 aromatic rings. The van der Waals surface area contributed by atoms with Crippen molar-refractivity contribution in [1.29, 1.82) is 0 Å². The van der Waals surface area contributed by atoms with E-state index < -0.39 is 11.9 Å². The number of amides is 1. The molecule has 1 saturated carbocycles. The Morgan fingerprint density at radius 2 is 1.68 bits per heavy atom. The minimum Gasteiger partial charge on any atom is -0.481 e. The number of fused-ring (bicyclic) bond motifs is 1. The Morgan fingerprint density at radius 1 is 0.947 bits per heavy atom. The van der Waals surface area contributed by atoms with Crippen molar-refractivity contribution < 1.29 is 14.7 Å². The number of hydrogen-bond acceptors (Lipinski definition) is 3. The number of carbonyl (C=O) groups excluding carboxylic acids is 1. The Bertz CT molecular complexity index is 1400. The lowest BCUT2D eigenvalue weighted by Crippen LogP contribution is -2.42. The average Bonchev–Trinajstić information content (AvgIpc) is 3.35. The molecule has 0 spiro atoms. The molecule has 0 radical (unpaired) electrons. The molecule has 196 valence electrons. The number of imidazole rings is 1. The number of carbonyl (C=O) groups is 2. The predicted octanol–water partition coefficient (Wildman–Crippen LogP) is 5.76. The third-order valence-corrected chi connectivity index (χ3v) is 7.97. The molecular weight excluding hydrogens is 474 g/mol. The van der Waals surface area contributed by atoms with Crippen LogP contribution in [0.3, 0.4) is 0 Å². The highest BCUT2D eigenvalue weighted by Gasteiger charge is 2.34. The van der Waals surface area contributed by atoms with Crippen LogP contribution in [0.5, 0.6) is 0 Å². The second kappa shape index (κ2) is 11.2. The second-order valence-corrected chi connectivity index (χ2v) is 10.7. The molecule has 5 rings (SSSR count). The standard InChI is InChI=1S/C32H35N3O3/c1-23-13-15-26(16-14-23)32(17-6-3-7-18-32)22-33-30(36)28-11-8-12-29-34-27(21-35(28)29)20-25(31(37)38)19-24-9-4-2-5-10-24/h2,4-5,8-16,21,25H,3,6-7,17-20,22H2,1H3,(H,33,36)(H,37,38). The third kappa shape index (κ3) is 5.64. The molecule has 0 bridgehead atoms. The van der Waals surface area contributed by atoms with E-state index in [0.717, 1.165) is 31.2 Å². The van der Waals surface area contributed by atoms with E-state index >= 15 is 0 Å². The first kappa shape index (κ1) is 25.7. The Hall–Kier alpha value is -3.93. The Kier molecular flexibility index (Phi) is 7.59. The molecule has 38 heavy (non-hydrogen) atoms. The summed E-state index contributed by atoms with van der Waals surface area (Å²) in [5, 5.41) is 13.1. The first-order valence-corrected chi connectivity index (χ1v) is 13.5. The average molecular weight is 510 g/mol. The van der Waals surface area contributed by atoms with E-state index in [1.807, 2.05) is 48.7 Å². The fraction of sp³-hybridized carbons (Fsp3) is 0.344. The van der Waals surface area contributed by atoms with Gasteiger partial charge in [0, 0.05) is 24.6 Å². The molecule has 1 fully saturated rings. The molecule has 0 aliphatic heterocycles. The lowest BCUT2D eigenvalue weighted by Gasteiger charge is -2.38. The van der Waals surface area contributed by atoms with E-state index in [0.29, 0.717) is 36.4 Å². The number of rotatable bonds is 9. The Morgan fingerprint density at radius 3 is 2.39 bits per heavy atom. The van der Waals surface area contributed by atoms with E-state index in [9.17, 15) is 14.7 Å². The van der Waals surface area contributed by atoms with Gasteiger partial charge in [0.1, 0.15) is 11.3 Å². The molecule has 2 heterocycles. The summed E-state index contributed by atoms with van der Waals surface area (Å²) in [5.74, 6) is -1.59. The monoisotopic (exact) mass is 509 g/mol. The number of carboxylic acid groups (broad SMARTS) is 1. The highest BCUT2D eigenvalue weighted by atomic mass is 16.4. The van der Waals surface area contributed by atoms with Crippen LogP contribution in [0.2, 0.25) is 0 Å². The van der Waals surface area contributed by atoms with Crippen molar-refractivity contribution in [2.75, 3.05) is 6.54 Å². The van der Waals surface area contributed by atoms with Gasteiger partial charge in [-0.1, -0.05) is 85.5 Å². The summed E-state index contributed by atoms with van der Waals surface area (Å²) in [4.78, 5) is 30.1. The van der Waals surface area contributed by atoms with Crippen molar-refractivity contribution in [3.8, 4) is 0 Å². The first-order chi connectivity index (χ1) is 18.4. The normalized spacial score (nSPS) is 15.7. The van der Waals surface area contributed by atoms with E-state index in [2.05, 4.69) is 41.5 Å². The zero-order valence-corrected chi connectivity index (χ0v) is 21.9. The maximum absolute atomic E-state index is 13.5. The van der Waals surface area contributed by atoms with Gasteiger partial charge < -0.3 is 10.4 Å². The summed E-state index contributed by atoms with van der Waals surface area (Å²) in [6.07, 6.45) is 8.22. The van der Waals surface area contributed by atoms with Crippen LogP contribution in [0.25, 0.3) is 5.65 Å². The Labute approximate surface area is 223 Å². The maximum Gasteiger partial charge on any atom is 0.307 e. The molecular formula is C32H35N3O3. The van der Waals surface area contributed by atoms with Crippen LogP contribution in [0, 0.1) is 12.8 Å². The predicted molar refractivity (Wildman–Crippen MR) is 148 cm³/mol. The number of nitrogens with zero attached hydrogens (tertiary/aromatic N) is 2. The van der Waals surface area contributed by atoms with Crippen molar-refractivity contribution in [1.82, 2.24) is 14.7 Å². The van der Waals surface area contributed by atoms with Gasteiger partial charge in [-0.25, -0.2) is 4.98 Å². The quantitative estimate of drug-likeness (QED) is 0.300. The van der Waals surface area contributed by atoms with Gasteiger partial charge in [-0.05, 0) is 49.4 Å². The molecule has 6 heteroatoms. The van der Waals surface area contributed by atoms with Crippen LogP contribution >= 0.6 is 0 Å². The molecule has 1 unspecified atom stereocenters. The number of aliphatic carboxylic acids is 1. The van der Waals surface area contributed by atoms with Gasteiger partial charge in [0.25, 0.3) is 5.91 Å². The molecule has 2 aromatic carbocycles. The molecule has 6 nitrogen and oxygen atoms in total. The van der Waals surface area contributed by atoms with E-state index in [1.165, 1.54) is 17.5 Å². The fourth-order valence-corrected chi connectivity index (χ4v) is 5.79. The van der Waals surface area contributed by atoms with Crippen LogP contribution in [0.1, 0.15) is 65.0 Å². The zero-order chi connectivity index (χ0) is 26.5. The molecule has 1 amide bonds. The van der Waals surface area contributed by atoms with Crippen molar-refractivity contribution in [3.63, 3.8) is 0 Å². The smallest absolute Gasteiger partial charge is 0.307 e. The Balaban J connectivity index is 1.34.